The maximum atomic E-state index is 9.89. The molecule has 6 aliphatic rings. The molecule has 3 aromatic carbocycles. The second-order valence-corrected chi connectivity index (χ2v) is 23.5. The predicted octanol–water partition coefficient (Wildman–Crippen LogP) is 15.0. The number of anilines is 2. The first-order chi connectivity index (χ1) is 31.7. The molecule has 0 fully saturated rings. The van der Waals surface area contributed by atoms with Gasteiger partial charge in [0.2, 0.25) is 0 Å². The minimum atomic E-state index is -0.385. The Kier molecular flexibility index (Phi) is 7.71. The Morgan fingerprint density at radius 1 is 0.852 bits per heavy atom. The SMILES string of the molecule is [2H]c1cc(C(C)(C)C)cc([2H])c1N1c2c(sc3cc4c(cc23)C(C)(C)CCC4(C)C)B2C3=C(CCC(C(C)C)=C3)N(C3=C(c4c([2H])c([2H])c([2H])c([2H])c4[2H])CC(C(C)(C)C)C=C3)C3=C2C1CC=C3. The molecule has 10 rings (SSSR count). The van der Waals surface area contributed by atoms with Crippen LogP contribution in [0.1, 0.15) is 153 Å². The molecule has 2 nitrogen and oxygen atoms in total. The number of rotatable bonds is 4. The molecular formula is C57H67BN2S. The van der Waals surface area contributed by atoms with E-state index in [9.17, 15) is 5.48 Å². The number of thiophene rings is 1. The monoisotopic (exact) mass is 830 g/mol. The smallest absolute Gasteiger partial charge is 0.259 e. The third kappa shape index (κ3) is 6.55. The van der Waals surface area contributed by atoms with Crippen LogP contribution in [0, 0.1) is 17.3 Å². The number of allylic oxidation sites excluding steroid dienone is 8. The van der Waals surface area contributed by atoms with E-state index in [0.717, 1.165) is 53.9 Å². The van der Waals surface area contributed by atoms with Crippen molar-refractivity contribution in [2.75, 3.05) is 4.90 Å². The third-order valence-corrected chi connectivity index (χ3v) is 16.4. The van der Waals surface area contributed by atoms with Crippen LogP contribution in [-0.2, 0) is 16.2 Å². The summed E-state index contributed by atoms with van der Waals surface area (Å²) in [5.41, 5.74) is 13.2. The lowest BCUT2D eigenvalue weighted by molar-refractivity contribution is 0.294. The molecule has 4 aromatic rings. The second kappa shape index (κ2) is 14.1. The highest BCUT2D eigenvalue weighted by atomic mass is 32.1. The predicted molar refractivity (Wildman–Crippen MR) is 265 cm³/mol. The third-order valence-electron chi connectivity index (χ3n) is 15.2. The van der Waals surface area contributed by atoms with Crippen LogP contribution in [0.3, 0.4) is 0 Å². The summed E-state index contributed by atoms with van der Waals surface area (Å²) in [5.74, 6) is 0.402. The maximum Gasteiger partial charge on any atom is 0.259 e. The van der Waals surface area contributed by atoms with Crippen molar-refractivity contribution < 1.29 is 9.60 Å². The van der Waals surface area contributed by atoms with Gasteiger partial charge in [-0.05, 0) is 147 Å². The summed E-state index contributed by atoms with van der Waals surface area (Å²) in [6.45, 7) is 27.1. The lowest BCUT2D eigenvalue weighted by Crippen LogP contribution is -2.56. The molecule has 4 aliphatic carbocycles. The summed E-state index contributed by atoms with van der Waals surface area (Å²) < 4.78 is 67.2. The van der Waals surface area contributed by atoms with E-state index >= 15 is 0 Å². The first-order valence-electron chi connectivity index (χ1n) is 26.4. The van der Waals surface area contributed by atoms with Crippen LogP contribution < -0.4 is 9.68 Å². The molecule has 0 saturated carbocycles. The van der Waals surface area contributed by atoms with Crippen molar-refractivity contribution >= 4 is 49.9 Å². The molecule has 0 radical (unpaired) electrons. The average Bonchev–Trinajstić information content (AvgIpc) is 3.64. The van der Waals surface area contributed by atoms with Gasteiger partial charge in [0.1, 0.15) is 0 Å². The number of fused-ring (bicyclic) bond motifs is 6. The molecule has 2 unspecified atom stereocenters. The van der Waals surface area contributed by atoms with E-state index in [1.807, 2.05) is 23.5 Å². The van der Waals surface area contributed by atoms with Crippen LogP contribution in [0.25, 0.3) is 15.7 Å². The van der Waals surface area contributed by atoms with Crippen LogP contribution in [0.2, 0.25) is 0 Å². The summed E-state index contributed by atoms with van der Waals surface area (Å²) in [6.07, 6.45) is 16.6. The molecule has 0 saturated heterocycles. The van der Waals surface area contributed by atoms with Gasteiger partial charge in [0.05, 0.1) is 21.3 Å². The van der Waals surface area contributed by atoms with Gasteiger partial charge in [0.25, 0.3) is 6.71 Å². The Morgan fingerprint density at radius 3 is 2.20 bits per heavy atom. The second-order valence-electron chi connectivity index (χ2n) is 22.4. The van der Waals surface area contributed by atoms with E-state index in [-0.39, 0.29) is 76.1 Å². The van der Waals surface area contributed by atoms with Gasteiger partial charge < -0.3 is 9.80 Å². The normalized spacial score (nSPS) is 24.7. The van der Waals surface area contributed by atoms with E-state index in [1.54, 1.807) is 0 Å². The van der Waals surface area contributed by atoms with Gasteiger partial charge in [-0.25, -0.2) is 0 Å². The minimum absolute atomic E-state index is 0.0147. The fourth-order valence-electron chi connectivity index (χ4n) is 11.2. The van der Waals surface area contributed by atoms with Crippen molar-refractivity contribution in [1.29, 1.82) is 0 Å². The highest BCUT2D eigenvalue weighted by Crippen LogP contribution is 2.55. The summed E-state index contributed by atoms with van der Waals surface area (Å²) in [7, 11) is 0. The van der Waals surface area contributed by atoms with Crippen molar-refractivity contribution in [1.82, 2.24) is 4.90 Å². The number of nitrogens with zero attached hydrogens (tertiary/aromatic N) is 2. The highest BCUT2D eigenvalue weighted by molar-refractivity contribution is 7.32. The van der Waals surface area contributed by atoms with Crippen LogP contribution in [0.15, 0.2) is 131 Å². The zero-order valence-corrected chi connectivity index (χ0v) is 39.4. The van der Waals surface area contributed by atoms with Crippen LogP contribution >= 0.6 is 11.3 Å². The van der Waals surface area contributed by atoms with E-state index in [4.69, 9.17) is 4.11 Å². The van der Waals surface area contributed by atoms with Crippen molar-refractivity contribution in [3.05, 3.63) is 153 Å². The zero-order valence-electron chi connectivity index (χ0n) is 45.6. The molecule has 1 aromatic heterocycles. The molecule has 2 aliphatic heterocycles. The van der Waals surface area contributed by atoms with E-state index in [1.165, 1.54) is 48.2 Å². The standard InChI is InChI=1S/C57H67BN2S/c1-35(2)37-21-27-47-45(31-37)58-51-48(19-16-20-49(51)60(47)46-28-24-39(55(6,7)8)32-41(46)36-17-14-13-15-18-36)59(40-25-22-38(23-26-40)54(3,4)5)52-42-33-43-44(34-50(42)61-53(52)58)57(11,12)30-29-56(43,9)10/h13-18,20,22-26,28,31,33-35,39,48H,19,21,27,29-30,32H2,1-12H3/i13D,14D,15D,17D,18D,25D,26D. The Bertz CT molecular complexity index is 3020. The fourth-order valence-corrected chi connectivity index (χ4v) is 12.5. The molecule has 0 N–H and O–H groups in total. The quantitative estimate of drug-likeness (QED) is 0.189. The van der Waals surface area contributed by atoms with Crippen LogP contribution in [-0.4, -0.2) is 17.7 Å². The van der Waals surface area contributed by atoms with E-state index < -0.39 is 0 Å². The minimum Gasteiger partial charge on any atom is -0.334 e. The fraction of sp³-hybridized carbons (Fsp3) is 0.439. The van der Waals surface area contributed by atoms with Gasteiger partial charge in [0.15, 0.2) is 0 Å². The highest BCUT2D eigenvalue weighted by Gasteiger charge is 2.51. The molecule has 314 valence electrons. The summed E-state index contributed by atoms with van der Waals surface area (Å²) >= 11 is 1.89. The van der Waals surface area contributed by atoms with E-state index in [2.05, 4.69) is 135 Å². The molecule has 61 heavy (non-hydrogen) atoms. The van der Waals surface area contributed by atoms with Crippen molar-refractivity contribution in [2.45, 2.75) is 144 Å². The number of hydrogen-bond acceptors (Lipinski definition) is 3. The summed E-state index contributed by atoms with van der Waals surface area (Å²) in [6, 6.07) is 8.06. The van der Waals surface area contributed by atoms with Gasteiger partial charge in [-0.3, -0.25) is 0 Å². The van der Waals surface area contributed by atoms with Gasteiger partial charge in [-0.15, -0.1) is 11.3 Å². The molecule has 0 amide bonds. The molecule has 3 heterocycles. The Hall–Kier alpha value is -4.28. The molecular weight excluding hydrogens is 756 g/mol. The summed E-state index contributed by atoms with van der Waals surface area (Å²) in [5, 5.41) is 1.20. The average molecular weight is 830 g/mol. The van der Waals surface area contributed by atoms with Gasteiger partial charge in [-0.2, -0.15) is 0 Å². The molecule has 2 atom stereocenters. The molecule has 0 spiro atoms. The van der Waals surface area contributed by atoms with Crippen molar-refractivity contribution in [3.63, 3.8) is 0 Å². The topological polar surface area (TPSA) is 6.48 Å². The van der Waals surface area contributed by atoms with E-state index in [0.29, 0.717) is 36.5 Å². The number of hydrogen-bond donors (Lipinski definition) is 0. The maximum absolute atomic E-state index is 9.89. The largest absolute Gasteiger partial charge is 0.334 e. The number of benzene rings is 3. The van der Waals surface area contributed by atoms with Gasteiger partial charge in [0, 0.05) is 37.6 Å². The first-order valence-corrected chi connectivity index (χ1v) is 23.7. The first kappa shape index (κ1) is 33.3. The van der Waals surface area contributed by atoms with Crippen molar-refractivity contribution in [2.24, 2.45) is 17.3 Å². The molecule has 4 heteroatoms. The Morgan fingerprint density at radius 2 is 1.54 bits per heavy atom. The zero-order chi connectivity index (χ0) is 49.1. The summed E-state index contributed by atoms with van der Waals surface area (Å²) in [4.78, 5) is 4.81. The van der Waals surface area contributed by atoms with Crippen LogP contribution in [0.4, 0.5) is 11.4 Å². The lowest BCUT2D eigenvalue weighted by atomic mass is 9.33. The molecule has 0 bridgehead atoms. The Balaban J connectivity index is 1.33. The lowest BCUT2D eigenvalue weighted by Gasteiger charge is -2.51. The Labute approximate surface area is 381 Å². The van der Waals surface area contributed by atoms with Crippen molar-refractivity contribution in [3.8, 4) is 0 Å². The van der Waals surface area contributed by atoms with Gasteiger partial charge >= 0.3 is 0 Å². The van der Waals surface area contributed by atoms with Gasteiger partial charge in [-0.1, -0.05) is 149 Å². The van der Waals surface area contributed by atoms with Crippen LogP contribution in [0.5, 0.6) is 0 Å².